The number of ether oxygens (including phenoxy) is 13. The van der Waals surface area contributed by atoms with E-state index in [-0.39, 0.29) is 79.2 Å². The number of hydrogen-bond donors (Lipinski definition) is 6. The summed E-state index contributed by atoms with van der Waals surface area (Å²) in [6, 6.07) is 5.80. The number of nitrogens with two attached hydrogens (primary N) is 2. The number of carbonyl (C=O) groups excluding carboxylic acids is 6. The summed E-state index contributed by atoms with van der Waals surface area (Å²) < 4.78 is 79.8. The van der Waals surface area contributed by atoms with E-state index in [1.54, 1.807) is 57.4 Å². The molecule has 2 saturated heterocycles. The average molecular weight is 1730 g/mol. The second kappa shape index (κ2) is 49.8. The van der Waals surface area contributed by atoms with Crippen molar-refractivity contribution in [2.24, 2.45) is 41.2 Å². The van der Waals surface area contributed by atoms with E-state index >= 15 is 0 Å². The molecule has 33 heteroatoms. The SMILES string of the molecule is COc1cccc2cc(-c3nc(C4CCC(C(=O)NCCOCCOCCOCCOCCOCCOCCn5cc(CCCCO[C@@H]6CC[C@@H](C[C@@H](N)[C@@H]7CC(=O)[C@H](C)/C=C(\C)[C@@H](O)[C@@H](OC)C(=O)[C@H](C)C[C@H](C)/C=C/C=C/C=C(\C)[C@@H](OC)C[C@@H]8CC[C@@H](C)[C@@](O)(O8)C(=O)C(=O)N8CCCC[C@H]8C(=O)O7)C[C@H]6OC)nn5)CC4)n4ncnc(N)c34)[nH]c12. The molecule has 0 radical (unpaired) electrons. The zero-order valence-electron chi connectivity index (χ0n) is 74.3. The molecule has 4 aromatic heterocycles. The van der Waals surface area contributed by atoms with Gasteiger partial charge in [0, 0.05) is 101 Å². The fourth-order valence-electron chi connectivity index (χ4n) is 17.5. The number of fused-ring (bicyclic) bond motifs is 5. The first-order valence-corrected chi connectivity index (χ1v) is 44.6. The minimum Gasteiger partial charge on any atom is -0.495 e. The van der Waals surface area contributed by atoms with E-state index in [0.717, 1.165) is 84.4 Å². The highest BCUT2D eigenvalue weighted by atomic mass is 16.6. The number of esters is 1. The fourth-order valence-corrected chi connectivity index (χ4v) is 17.5. The predicted octanol–water partition coefficient (Wildman–Crippen LogP) is 8.88. The number of nitrogens with zero attached hydrogens (tertiary/aromatic N) is 8. The molecule has 15 atom stereocenters. The summed E-state index contributed by atoms with van der Waals surface area (Å²) in [4.78, 5) is 99.3. The number of Topliss-reactive ketones (excluding diaryl/α,β-unsaturated/α-hetero) is 3. The molecule has 4 fully saturated rings. The van der Waals surface area contributed by atoms with Crippen LogP contribution in [0.25, 0.3) is 27.8 Å². The van der Waals surface area contributed by atoms with E-state index in [1.807, 2.05) is 81.6 Å². The van der Waals surface area contributed by atoms with Crippen molar-refractivity contribution < 1.29 is 101 Å². The van der Waals surface area contributed by atoms with E-state index in [1.165, 1.54) is 18.3 Å². The van der Waals surface area contributed by atoms with Gasteiger partial charge in [-0.3, -0.25) is 24.0 Å². The maximum Gasteiger partial charge on any atom is 0.329 e. The lowest BCUT2D eigenvalue weighted by Crippen LogP contribution is -2.61. The van der Waals surface area contributed by atoms with Gasteiger partial charge in [0.1, 0.15) is 59.2 Å². The number of amides is 2. The highest BCUT2D eigenvalue weighted by Crippen LogP contribution is 2.42. The summed E-state index contributed by atoms with van der Waals surface area (Å²) in [5, 5.41) is 41.0. The van der Waals surface area contributed by atoms with Crippen molar-refractivity contribution in [2.45, 2.75) is 237 Å². The first-order valence-electron chi connectivity index (χ1n) is 44.6. The number of ketones is 3. The summed E-state index contributed by atoms with van der Waals surface area (Å²) in [6.07, 6.45) is 19.4. The molecule has 2 amide bonds. The van der Waals surface area contributed by atoms with Crippen molar-refractivity contribution in [1.29, 1.82) is 0 Å². The van der Waals surface area contributed by atoms with Crippen LogP contribution < -0.4 is 21.5 Å². The highest BCUT2D eigenvalue weighted by Gasteiger charge is 2.53. The van der Waals surface area contributed by atoms with E-state index < -0.39 is 83.8 Å². The van der Waals surface area contributed by atoms with Crippen molar-refractivity contribution in [3.8, 4) is 17.1 Å². The van der Waals surface area contributed by atoms with Gasteiger partial charge in [0.15, 0.2) is 11.6 Å². The van der Waals surface area contributed by atoms with Crippen LogP contribution in [0.3, 0.4) is 0 Å². The van der Waals surface area contributed by atoms with Gasteiger partial charge in [-0.25, -0.2) is 24.0 Å². The van der Waals surface area contributed by atoms with Gasteiger partial charge >= 0.3 is 5.97 Å². The Labute approximate surface area is 728 Å². The molecule has 2 aliphatic carbocycles. The van der Waals surface area contributed by atoms with Crippen molar-refractivity contribution in [2.75, 3.05) is 133 Å². The van der Waals surface area contributed by atoms with Crippen LogP contribution in [-0.4, -0.2) is 278 Å². The number of para-hydroxylation sites is 1. The number of aromatic nitrogens is 8. The lowest BCUT2D eigenvalue weighted by Gasteiger charge is -2.42. The highest BCUT2D eigenvalue weighted by molar-refractivity contribution is 6.39. The number of cyclic esters (lactones) is 1. The number of hydrogen-bond acceptors (Lipinski definition) is 28. The number of aliphatic hydroxyl groups excluding tert-OH is 1. The van der Waals surface area contributed by atoms with E-state index in [2.05, 4.69) is 30.7 Å². The molecule has 5 aliphatic rings. The van der Waals surface area contributed by atoms with Crippen LogP contribution in [0, 0.1) is 35.5 Å². The quantitative estimate of drug-likeness (QED) is 0.00935. The van der Waals surface area contributed by atoms with Crippen molar-refractivity contribution in [3.05, 3.63) is 95.9 Å². The number of nitrogen functional groups attached to an aromatic ring is 1. The summed E-state index contributed by atoms with van der Waals surface area (Å²) in [6.45, 7) is 17.2. The van der Waals surface area contributed by atoms with Crippen LogP contribution in [0.5, 0.6) is 5.75 Å². The Morgan fingerprint density at radius 1 is 0.766 bits per heavy atom. The summed E-state index contributed by atoms with van der Waals surface area (Å²) in [7, 11) is 6.24. The standard InChI is InChI=1S/C91H136N12O21/c1-58-19-12-11-13-20-59(2)76(113-8)54-69-31-25-63(6)91(111,124-69)85(107)89(109)102-34-16-14-23-72(102)90(110)123-77(55-73(104)60(3)50-62(5)83(106)84(115-10)82(105)61(4)49-58)70(92)51-64-26-32-74(78(52-64)114-9)122-36-17-15-22-68-56-101(100-99-68)35-38-117-40-42-119-44-46-121-48-47-120-45-43-118-41-39-116-37-33-94-88(108)66-29-27-65(28-30-66)87-98-80(81-86(93)95-57-96-103(81)87)71-53-67-21-18-24-75(112-7)79(67)97-71/h11-13,18-21,24,50,53,56-58,60-61,63-66,69-70,72,74,76-78,83-84,97,106,111H,14-17,22-23,25-49,51-52,54-55,92H2,1-10H3,(H,94,108)(H2,93,95,96)/b13-11+,19-12+,59-20+,62-50+/t58-,60-,61-,63-,64+,65?,66?,69+,70-,72+,74-,76+,77+,78-,83-,84+,91-/m1/s1. The van der Waals surface area contributed by atoms with Crippen LogP contribution in [0.15, 0.2) is 84.4 Å². The maximum atomic E-state index is 14.7. The van der Waals surface area contributed by atoms with E-state index in [0.29, 0.717) is 179 Å². The van der Waals surface area contributed by atoms with Crippen molar-refractivity contribution in [3.63, 3.8) is 0 Å². The monoisotopic (exact) mass is 1730 g/mol. The second-order valence-electron chi connectivity index (χ2n) is 33.9. The Hall–Kier alpha value is -8.13. The Bertz CT molecular complexity index is 4330. The maximum absolute atomic E-state index is 14.7. The fraction of sp³-hybridized carbons (Fsp3) is 0.681. The third kappa shape index (κ3) is 27.7. The van der Waals surface area contributed by atoms with Gasteiger partial charge < -0.3 is 98.5 Å². The number of rotatable bonds is 37. The predicted molar refractivity (Wildman–Crippen MR) is 462 cm³/mol. The molecule has 0 unspecified atom stereocenters. The molecule has 2 bridgehead atoms. The van der Waals surface area contributed by atoms with Gasteiger partial charge in [0.25, 0.3) is 11.7 Å². The number of allylic oxidation sites excluding steroid dienone is 6. The van der Waals surface area contributed by atoms with Gasteiger partial charge in [-0.2, -0.15) is 5.10 Å². The summed E-state index contributed by atoms with van der Waals surface area (Å²) in [5.41, 5.74) is 18.6. The number of aryl methyl sites for hydroxylation is 1. The minimum atomic E-state index is -2.48. The zero-order valence-corrected chi connectivity index (χ0v) is 74.3. The Morgan fingerprint density at radius 2 is 1.48 bits per heavy atom. The summed E-state index contributed by atoms with van der Waals surface area (Å²) >= 11 is 0. The van der Waals surface area contributed by atoms with Crippen LogP contribution in [-0.2, 0) is 98.6 Å². The lowest BCUT2D eigenvalue weighted by atomic mass is 9.80. The molecule has 124 heavy (non-hydrogen) atoms. The summed E-state index contributed by atoms with van der Waals surface area (Å²) in [5.74, 6) is -6.37. The molecule has 7 heterocycles. The zero-order chi connectivity index (χ0) is 88.7. The van der Waals surface area contributed by atoms with Gasteiger partial charge in [-0.1, -0.05) is 81.5 Å². The van der Waals surface area contributed by atoms with E-state index in [9.17, 15) is 39.0 Å². The minimum absolute atomic E-state index is 0.0137. The molecular weight excluding hydrogens is 1600 g/mol. The first-order chi connectivity index (χ1) is 59.9. The number of benzene rings is 1. The number of aromatic amines is 1. The number of nitrogens with one attached hydrogen (secondary N) is 2. The number of methoxy groups -OCH3 is 4. The normalized spacial score (nSPS) is 28.8. The third-order valence-corrected chi connectivity index (χ3v) is 24.9. The number of imidazole rings is 1. The number of carbonyl (C=O) groups is 6. The van der Waals surface area contributed by atoms with Crippen LogP contribution >= 0.6 is 0 Å². The Morgan fingerprint density at radius 3 is 2.17 bits per heavy atom. The average Bonchev–Trinajstić information content (AvgIpc) is 1.62. The number of aliphatic hydroxyl groups is 2. The molecule has 3 aliphatic heterocycles. The third-order valence-electron chi connectivity index (χ3n) is 24.9. The number of piperidine rings is 1. The van der Waals surface area contributed by atoms with Crippen LogP contribution in [0.1, 0.15) is 175 Å². The molecule has 2 saturated carbocycles. The Kier molecular flexibility index (Phi) is 39.4. The van der Waals surface area contributed by atoms with Gasteiger partial charge in [0.05, 0.1) is 134 Å². The second-order valence-corrected chi connectivity index (χ2v) is 33.9. The molecule has 10 rings (SSSR count). The number of H-pyrrole nitrogens is 1. The molecule has 1 aromatic carbocycles. The van der Waals surface area contributed by atoms with Gasteiger partial charge in [-0.15, -0.1) is 5.10 Å². The smallest absolute Gasteiger partial charge is 0.329 e. The van der Waals surface area contributed by atoms with Crippen molar-refractivity contribution in [1.82, 2.24) is 49.8 Å². The largest absolute Gasteiger partial charge is 0.495 e. The van der Waals surface area contributed by atoms with Crippen LogP contribution in [0.4, 0.5) is 5.82 Å². The van der Waals surface area contributed by atoms with Gasteiger partial charge in [-0.05, 0) is 158 Å². The first kappa shape index (κ1) is 98.1. The molecule has 686 valence electrons. The lowest BCUT2D eigenvalue weighted by molar-refractivity contribution is -0.265. The van der Waals surface area contributed by atoms with Crippen LogP contribution in [0.2, 0.25) is 0 Å². The molecule has 33 nitrogen and oxygen atoms in total. The molecule has 0 spiro atoms. The number of anilines is 1. The van der Waals surface area contributed by atoms with Gasteiger partial charge in [0.2, 0.25) is 11.7 Å². The molecular formula is C91H136N12O21. The topological polar surface area (TPSA) is 420 Å². The number of unbranched alkanes of at least 4 members (excludes halogenated alkanes) is 1. The molecule has 5 aromatic rings. The molecule has 8 N–H and O–H groups in total. The van der Waals surface area contributed by atoms with Crippen molar-refractivity contribution >= 4 is 57.4 Å². The Balaban J connectivity index is 0.572. The van der Waals surface area contributed by atoms with E-state index in [4.69, 9.17) is 78.0 Å².